The Labute approximate surface area is 177 Å². The van der Waals surface area contributed by atoms with E-state index in [4.69, 9.17) is 9.47 Å². The third-order valence-electron chi connectivity index (χ3n) is 5.11. The van der Waals surface area contributed by atoms with Gasteiger partial charge in [0.1, 0.15) is 17.7 Å². The molecule has 0 spiro atoms. The average molecular weight is 402 g/mol. The first-order chi connectivity index (χ1) is 14.4. The van der Waals surface area contributed by atoms with E-state index in [1.807, 2.05) is 112 Å². The molecule has 1 aliphatic heterocycles. The maximum absolute atomic E-state index is 13.2. The molecular formula is C26H27NO3. The molecule has 1 heterocycles. The first kappa shape index (κ1) is 20.3. The van der Waals surface area contributed by atoms with Gasteiger partial charge in [-0.1, -0.05) is 91.0 Å². The molecule has 2 atom stereocenters. The van der Waals surface area contributed by atoms with E-state index >= 15 is 0 Å². The molecule has 1 aliphatic rings. The second-order valence-electron chi connectivity index (χ2n) is 8.52. The van der Waals surface area contributed by atoms with E-state index in [2.05, 4.69) is 5.32 Å². The zero-order chi connectivity index (χ0) is 21.2. The molecule has 1 N–H and O–H groups in total. The van der Waals surface area contributed by atoms with Crippen molar-refractivity contribution >= 4 is 5.97 Å². The molecule has 0 aromatic heterocycles. The van der Waals surface area contributed by atoms with Crippen LogP contribution in [0.1, 0.15) is 43.6 Å². The van der Waals surface area contributed by atoms with Gasteiger partial charge in [0, 0.05) is 11.1 Å². The number of rotatable bonds is 4. The van der Waals surface area contributed by atoms with Crippen LogP contribution in [0.5, 0.6) is 0 Å². The Morgan fingerprint density at radius 1 is 0.833 bits per heavy atom. The zero-order valence-corrected chi connectivity index (χ0v) is 17.5. The van der Waals surface area contributed by atoms with E-state index in [0.29, 0.717) is 0 Å². The average Bonchev–Trinajstić information content (AvgIpc) is 3.17. The summed E-state index contributed by atoms with van der Waals surface area (Å²) in [7, 11) is 0. The standard InChI is InChI=1S/C26H27NO3/c1-25(2,3)30-24(28)22-23(19-13-7-4-8-14-19)29-26(27-22,20-15-9-5-10-16-20)21-17-11-6-12-18-21/h4-18,22-23,27H,1-3H3/t22-,23+/m0/s1. The highest BCUT2D eigenvalue weighted by atomic mass is 16.6. The maximum Gasteiger partial charge on any atom is 0.326 e. The third kappa shape index (κ3) is 4.02. The number of nitrogens with one attached hydrogen (secondary N) is 1. The minimum atomic E-state index is -0.968. The van der Waals surface area contributed by atoms with E-state index in [0.717, 1.165) is 16.7 Å². The van der Waals surface area contributed by atoms with Gasteiger partial charge in [0.05, 0.1) is 0 Å². The fourth-order valence-corrected chi connectivity index (χ4v) is 3.85. The van der Waals surface area contributed by atoms with Crippen molar-refractivity contribution in [3.05, 3.63) is 108 Å². The Morgan fingerprint density at radius 2 is 1.30 bits per heavy atom. The Morgan fingerprint density at radius 3 is 1.77 bits per heavy atom. The van der Waals surface area contributed by atoms with Crippen molar-refractivity contribution in [3.8, 4) is 0 Å². The zero-order valence-electron chi connectivity index (χ0n) is 17.5. The number of carbonyl (C=O) groups excluding carboxylic acids is 1. The summed E-state index contributed by atoms with van der Waals surface area (Å²) in [5.41, 5.74) is 1.23. The third-order valence-corrected chi connectivity index (χ3v) is 5.11. The molecule has 3 aromatic rings. The predicted molar refractivity (Wildman–Crippen MR) is 117 cm³/mol. The predicted octanol–water partition coefficient (Wildman–Crippen LogP) is 4.96. The minimum Gasteiger partial charge on any atom is -0.459 e. The lowest BCUT2D eigenvalue weighted by Crippen LogP contribution is -2.47. The van der Waals surface area contributed by atoms with Gasteiger partial charge in [0.25, 0.3) is 0 Å². The first-order valence-corrected chi connectivity index (χ1v) is 10.2. The van der Waals surface area contributed by atoms with Crippen LogP contribution in [0.25, 0.3) is 0 Å². The summed E-state index contributed by atoms with van der Waals surface area (Å²) in [5.74, 6) is -0.329. The quantitative estimate of drug-likeness (QED) is 0.628. The van der Waals surface area contributed by atoms with Crippen molar-refractivity contribution < 1.29 is 14.3 Å². The highest BCUT2D eigenvalue weighted by molar-refractivity contribution is 5.78. The normalized spacial score (nSPS) is 20.6. The van der Waals surface area contributed by atoms with Gasteiger partial charge in [0.2, 0.25) is 0 Å². The van der Waals surface area contributed by atoms with Crippen molar-refractivity contribution in [2.75, 3.05) is 0 Å². The van der Waals surface area contributed by atoms with Gasteiger partial charge in [-0.15, -0.1) is 0 Å². The maximum atomic E-state index is 13.2. The first-order valence-electron chi connectivity index (χ1n) is 10.2. The Balaban J connectivity index is 1.83. The molecule has 0 unspecified atom stereocenters. The van der Waals surface area contributed by atoms with E-state index in [9.17, 15) is 4.79 Å². The van der Waals surface area contributed by atoms with Gasteiger partial charge in [-0.2, -0.15) is 0 Å². The summed E-state index contributed by atoms with van der Waals surface area (Å²) < 4.78 is 12.5. The molecule has 3 aromatic carbocycles. The molecule has 1 saturated heterocycles. The molecule has 4 nitrogen and oxygen atoms in total. The van der Waals surface area contributed by atoms with E-state index < -0.39 is 23.5 Å². The molecule has 0 bridgehead atoms. The van der Waals surface area contributed by atoms with Gasteiger partial charge in [-0.3, -0.25) is 10.1 Å². The number of benzene rings is 3. The topological polar surface area (TPSA) is 47.6 Å². The molecule has 30 heavy (non-hydrogen) atoms. The van der Waals surface area contributed by atoms with Crippen LogP contribution in [-0.2, 0) is 20.0 Å². The van der Waals surface area contributed by atoms with Crippen LogP contribution in [0, 0.1) is 0 Å². The van der Waals surface area contributed by atoms with Crippen LogP contribution in [0.4, 0.5) is 0 Å². The van der Waals surface area contributed by atoms with Crippen LogP contribution < -0.4 is 5.32 Å². The smallest absolute Gasteiger partial charge is 0.326 e. The molecular weight excluding hydrogens is 374 g/mol. The monoisotopic (exact) mass is 401 g/mol. The lowest BCUT2D eigenvalue weighted by Gasteiger charge is -2.31. The molecule has 154 valence electrons. The van der Waals surface area contributed by atoms with E-state index in [-0.39, 0.29) is 5.97 Å². The second-order valence-corrected chi connectivity index (χ2v) is 8.52. The van der Waals surface area contributed by atoms with E-state index in [1.54, 1.807) is 0 Å². The summed E-state index contributed by atoms with van der Waals surface area (Å²) >= 11 is 0. The Bertz CT molecular complexity index is 942. The second kappa shape index (κ2) is 8.05. The minimum absolute atomic E-state index is 0.329. The van der Waals surface area contributed by atoms with Crippen molar-refractivity contribution in [1.29, 1.82) is 0 Å². The number of esters is 1. The molecule has 0 saturated carbocycles. The molecule has 0 radical (unpaired) electrons. The van der Waals surface area contributed by atoms with Gasteiger partial charge >= 0.3 is 5.97 Å². The highest BCUT2D eigenvalue weighted by Gasteiger charge is 2.52. The number of carbonyl (C=O) groups is 1. The van der Waals surface area contributed by atoms with Crippen molar-refractivity contribution in [3.63, 3.8) is 0 Å². The number of hydrogen-bond acceptors (Lipinski definition) is 4. The van der Waals surface area contributed by atoms with Gasteiger partial charge < -0.3 is 9.47 Å². The van der Waals surface area contributed by atoms with Crippen LogP contribution >= 0.6 is 0 Å². The van der Waals surface area contributed by atoms with Crippen LogP contribution in [-0.4, -0.2) is 17.6 Å². The number of hydrogen-bond donors (Lipinski definition) is 1. The lowest BCUT2D eigenvalue weighted by molar-refractivity contribution is -0.158. The van der Waals surface area contributed by atoms with Gasteiger partial charge in [-0.25, -0.2) is 0 Å². The SMILES string of the molecule is CC(C)(C)OC(=O)[C@H]1NC(c2ccccc2)(c2ccccc2)O[C@@H]1c1ccccc1. The summed E-state index contributed by atoms with van der Waals surface area (Å²) in [6, 6.07) is 29.1. The molecule has 1 fully saturated rings. The molecule has 0 aliphatic carbocycles. The van der Waals surface area contributed by atoms with Crippen molar-refractivity contribution in [1.82, 2.24) is 5.32 Å². The molecule has 0 amide bonds. The van der Waals surface area contributed by atoms with Gasteiger partial charge in [-0.05, 0) is 26.3 Å². The molecule has 4 rings (SSSR count). The van der Waals surface area contributed by atoms with Crippen molar-refractivity contribution in [2.45, 2.75) is 44.2 Å². The molecule has 4 heteroatoms. The largest absolute Gasteiger partial charge is 0.459 e. The van der Waals surface area contributed by atoms with Crippen molar-refractivity contribution in [2.24, 2.45) is 0 Å². The summed E-state index contributed by atoms with van der Waals surface area (Å²) in [4.78, 5) is 13.2. The summed E-state index contributed by atoms with van der Waals surface area (Å²) in [6.45, 7) is 5.62. The Hall–Kier alpha value is -2.95. The van der Waals surface area contributed by atoms with Gasteiger partial charge in [0.15, 0.2) is 5.72 Å². The fraction of sp³-hybridized carbons (Fsp3) is 0.269. The van der Waals surface area contributed by atoms with Crippen LogP contribution in [0.2, 0.25) is 0 Å². The highest BCUT2D eigenvalue weighted by Crippen LogP contribution is 2.44. The van der Waals surface area contributed by atoms with Crippen LogP contribution in [0.15, 0.2) is 91.0 Å². The summed E-state index contributed by atoms with van der Waals surface area (Å²) in [5, 5.41) is 3.51. The number of ether oxygens (including phenoxy) is 2. The van der Waals surface area contributed by atoms with Crippen LogP contribution in [0.3, 0.4) is 0 Å². The summed E-state index contributed by atoms with van der Waals surface area (Å²) in [6.07, 6.45) is -0.499. The lowest BCUT2D eigenvalue weighted by atomic mass is 9.94. The fourth-order valence-electron chi connectivity index (χ4n) is 3.85. The van der Waals surface area contributed by atoms with E-state index in [1.165, 1.54) is 0 Å². The Kier molecular flexibility index (Phi) is 5.46.